The summed E-state index contributed by atoms with van der Waals surface area (Å²) in [5.41, 5.74) is -11.4. The number of halogens is 7. The highest BCUT2D eigenvalue weighted by atomic mass is 127. The fourth-order valence-corrected chi connectivity index (χ4v) is 3.48. The fourth-order valence-electron chi connectivity index (χ4n) is 1.03. The number of rotatable bonds is 6. The third-order valence-electron chi connectivity index (χ3n) is 2.28. The quantitative estimate of drug-likeness (QED) is 0.0603. The van der Waals surface area contributed by atoms with E-state index in [1.54, 1.807) is 0 Å². The summed E-state index contributed by atoms with van der Waals surface area (Å²) in [6.45, 7) is -1.03. The molecule has 0 bridgehead atoms. The monoisotopic (exact) mass is 603 g/mol. The second kappa shape index (κ2) is 10.5. The molecule has 1 N–H and O–H groups in total. The Hall–Kier alpha value is -1.71. The van der Waals surface area contributed by atoms with Crippen molar-refractivity contribution in [3.8, 4) is 0 Å². The molecule has 0 atom stereocenters. The lowest BCUT2D eigenvalue weighted by Crippen LogP contribution is -3.59. The van der Waals surface area contributed by atoms with Crippen LogP contribution in [0.25, 0.3) is 0 Å². The Balaban J connectivity index is 0.000000890. The first-order valence-corrected chi connectivity index (χ1v) is 11.7. The van der Waals surface area contributed by atoms with Crippen molar-refractivity contribution in [3.05, 3.63) is 47.8 Å². The molecule has 1 aromatic rings. The Morgan fingerprint density at radius 1 is 1.07 bits per heavy atom. The molecule has 0 spiro atoms. The number of alkyl halides is 6. The summed E-state index contributed by atoms with van der Waals surface area (Å²) in [5, 5.41) is 19.3. The normalized spacial score (nSPS) is 13.3. The van der Waals surface area contributed by atoms with Crippen molar-refractivity contribution in [2.45, 2.75) is 11.0 Å². The Morgan fingerprint density at radius 2 is 1.50 bits per heavy atom. The zero-order valence-corrected chi connectivity index (χ0v) is 17.5. The van der Waals surface area contributed by atoms with Crippen molar-refractivity contribution >= 4 is 25.9 Å². The smallest absolute Gasteiger partial charge is 0.534 e. The molecule has 1 rings (SSSR count). The third kappa shape index (κ3) is 9.40. The summed E-state index contributed by atoms with van der Waals surface area (Å²) in [7, 11) is -11.9. The highest BCUT2D eigenvalue weighted by Crippen LogP contribution is 2.26. The molecule has 0 aliphatic heterocycles. The molecule has 30 heavy (non-hydrogen) atoms. The van der Waals surface area contributed by atoms with Gasteiger partial charge < -0.3 is 13.8 Å². The number of nitro benzene ring substituents is 1. The zero-order chi connectivity index (χ0) is 24.0. The third-order valence-corrected chi connectivity index (χ3v) is 6.29. The molecule has 0 aliphatic carbocycles. The van der Waals surface area contributed by atoms with Gasteiger partial charge in [0.05, 0.1) is 4.92 Å². The number of benzene rings is 1. The molecule has 0 heterocycles. The maximum Gasteiger partial charge on any atom is 0.534 e. The molecular formula is C11H8F6INO9S2. The Bertz CT molecular complexity index is 972. The first kappa shape index (κ1) is 28.3. The topological polar surface area (TPSA) is 164 Å². The van der Waals surface area contributed by atoms with E-state index >= 15 is 0 Å². The second-order valence-electron chi connectivity index (χ2n) is 4.46. The van der Waals surface area contributed by atoms with Gasteiger partial charge in [0.1, 0.15) is 6.61 Å². The number of hydrogen-bond donors (Lipinski definition) is 1. The molecule has 0 aromatic heterocycles. The van der Waals surface area contributed by atoms with Crippen LogP contribution < -0.4 is 21.2 Å². The van der Waals surface area contributed by atoms with E-state index in [2.05, 4.69) is 4.18 Å². The maximum atomic E-state index is 12.1. The largest absolute Gasteiger partial charge is 0.741 e. The molecule has 10 nitrogen and oxygen atoms in total. The first-order valence-electron chi connectivity index (χ1n) is 6.52. The van der Waals surface area contributed by atoms with Crippen molar-refractivity contribution in [2.75, 3.05) is 6.61 Å². The van der Waals surface area contributed by atoms with Gasteiger partial charge in [-0.25, -0.2) is 8.42 Å². The van der Waals surface area contributed by atoms with Gasteiger partial charge in [-0.15, -0.1) is 0 Å². The zero-order valence-electron chi connectivity index (χ0n) is 13.7. The Morgan fingerprint density at radius 3 is 1.80 bits per heavy atom. The summed E-state index contributed by atoms with van der Waals surface area (Å²) < 4.78 is 122. The summed E-state index contributed by atoms with van der Waals surface area (Å²) in [6, 6.07) is 5.17. The summed E-state index contributed by atoms with van der Waals surface area (Å²) in [6.07, 6.45) is 0. The maximum absolute atomic E-state index is 12.1. The van der Waals surface area contributed by atoms with Crippen LogP contribution >= 0.6 is 0 Å². The molecule has 0 radical (unpaired) electrons. The minimum absolute atomic E-state index is 0.157. The summed E-state index contributed by atoms with van der Waals surface area (Å²) in [4.78, 5) is 9.84. The predicted octanol–water partition coefficient (Wildman–Crippen LogP) is -1.40. The molecule has 0 unspecified atom stereocenters. The van der Waals surface area contributed by atoms with E-state index in [0.717, 1.165) is 4.08 Å². The van der Waals surface area contributed by atoms with Gasteiger partial charge in [0, 0.05) is 12.1 Å². The minimum atomic E-state index is -6.09. The van der Waals surface area contributed by atoms with Crippen LogP contribution in [0.2, 0.25) is 0 Å². The van der Waals surface area contributed by atoms with Crippen molar-refractivity contribution in [1.29, 1.82) is 0 Å². The van der Waals surface area contributed by atoms with Crippen LogP contribution in [0, 0.1) is 13.7 Å². The molecule has 172 valence electrons. The van der Waals surface area contributed by atoms with E-state index in [1.807, 2.05) is 0 Å². The predicted molar refractivity (Wildman–Crippen MR) is 78.8 cm³/mol. The van der Waals surface area contributed by atoms with Crippen LogP contribution in [0.1, 0.15) is 0 Å². The van der Waals surface area contributed by atoms with Gasteiger partial charge in [-0.1, -0.05) is 0 Å². The minimum Gasteiger partial charge on any atom is -0.741 e. The average Bonchev–Trinajstić information content (AvgIpc) is 2.56. The van der Waals surface area contributed by atoms with Gasteiger partial charge in [-0.2, -0.15) is 34.8 Å². The van der Waals surface area contributed by atoms with Crippen LogP contribution in [0.5, 0.6) is 0 Å². The van der Waals surface area contributed by atoms with Gasteiger partial charge >= 0.3 is 42.3 Å². The van der Waals surface area contributed by atoms with E-state index in [9.17, 15) is 44.9 Å². The van der Waals surface area contributed by atoms with E-state index < -0.39 is 69.7 Å². The highest BCUT2D eigenvalue weighted by Gasteiger charge is 2.49. The van der Waals surface area contributed by atoms with Crippen molar-refractivity contribution in [2.24, 2.45) is 0 Å². The second-order valence-corrected chi connectivity index (χ2v) is 9.86. The van der Waals surface area contributed by atoms with Crippen LogP contribution in [0.15, 0.2) is 34.1 Å². The number of non-ortho nitro benzene ring substituents is 1. The molecule has 0 amide bonds. The van der Waals surface area contributed by atoms with Crippen LogP contribution in [0.3, 0.4) is 0 Å². The van der Waals surface area contributed by atoms with Crippen LogP contribution in [-0.2, 0) is 24.4 Å². The SMILES string of the molecule is O=S(=O)([O-])C(F)(F)F.O=[N+]([O-])c1ccc([I+]/C=C(\CO)OS(=O)(=O)C(F)(F)F)cc1. The van der Waals surface area contributed by atoms with Crippen LogP contribution in [-0.4, -0.2) is 49.0 Å². The fraction of sp³-hybridized carbons (Fsp3) is 0.273. The van der Waals surface area contributed by atoms with E-state index in [0.29, 0.717) is 3.57 Å². The van der Waals surface area contributed by atoms with E-state index in [-0.39, 0.29) is 5.69 Å². The summed E-state index contributed by atoms with van der Waals surface area (Å²) >= 11 is -1.15. The van der Waals surface area contributed by atoms with Gasteiger partial charge in [0.2, 0.25) is 4.08 Å². The number of aliphatic hydroxyl groups excluding tert-OH is 1. The Kier molecular flexibility index (Phi) is 9.95. The lowest BCUT2D eigenvalue weighted by molar-refractivity contribution is -0.558. The summed E-state index contributed by atoms with van der Waals surface area (Å²) in [5.74, 6) is -0.747. The molecule has 1 aromatic carbocycles. The lowest BCUT2D eigenvalue weighted by atomic mass is 10.3. The molecule has 0 aliphatic rings. The lowest BCUT2D eigenvalue weighted by Gasteiger charge is -2.08. The van der Waals surface area contributed by atoms with E-state index in [4.69, 9.17) is 18.1 Å². The van der Waals surface area contributed by atoms with Gasteiger partial charge in [-0.3, -0.25) is 10.1 Å². The molecular weight excluding hydrogens is 595 g/mol. The first-order chi connectivity index (χ1) is 13.3. The van der Waals surface area contributed by atoms with Crippen molar-refractivity contribution < 1.29 is 83.1 Å². The van der Waals surface area contributed by atoms with E-state index in [1.165, 1.54) is 24.3 Å². The highest BCUT2D eigenvalue weighted by molar-refractivity contribution is 7.87. The van der Waals surface area contributed by atoms with Crippen LogP contribution in [0.4, 0.5) is 32.0 Å². The van der Waals surface area contributed by atoms with Crippen molar-refractivity contribution in [3.63, 3.8) is 0 Å². The van der Waals surface area contributed by atoms with Crippen molar-refractivity contribution in [1.82, 2.24) is 0 Å². The number of hydrogen-bond acceptors (Lipinski definition) is 9. The number of nitrogens with zero attached hydrogens (tertiary/aromatic N) is 1. The van der Waals surface area contributed by atoms with Gasteiger partial charge in [-0.05, 0) is 12.1 Å². The molecule has 0 saturated carbocycles. The number of nitro groups is 1. The van der Waals surface area contributed by atoms with Gasteiger partial charge in [0.25, 0.3) is 5.69 Å². The van der Waals surface area contributed by atoms with Gasteiger partial charge in [0.15, 0.2) is 19.4 Å². The molecule has 19 heteroatoms. The molecule has 0 fully saturated rings. The number of aliphatic hydroxyl groups is 1. The standard InChI is InChI=1S/C10H8F3INO6S.CHF3O3S/c11-10(12,13)22(19,20)21-9(6-16)5-14-7-1-3-8(4-2-7)15(17)18;2-1(3,4)8(5,6)7/h1-5,16H,6H2;(H,5,6,7)/q+1;/p-1/b9-5+;. The molecule has 0 saturated heterocycles. The Labute approximate surface area is 174 Å². The average molecular weight is 603 g/mol.